The number of aryl methyl sites for hydroxylation is 1. The topological polar surface area (TPSA) is 3.24 Å². The second-order valence-corrected chi connectivity index (χ2v) is 4.62. The van der Waals surface area contributed by atoms with Crippen LogP contribution in [0.25, 0.3) is 0 Å². The van der Waals surface area contributed by atoms with Crippen LogP contribution in [0.1, 0.15) is 31.7 Å². The van der Waals surface area contributed by atoms with E-state index in [1.165, 1.54) is 44.3 Å². The van der Waals surface area contributed by atoms with Gasteiger partial charge in [-0.15, -0.1) is 0 Å². The first-order valence-corrected chi connectivity index (χ1v) is 6.14. The monoisotopic (exact) mass is 203 g/mol. The van der Waals surface area contributed by atoms with Gasteiger partial charge in [0.05, 0.1) is 0 Å². The van der Waals surface area contributed by atoms with Crippen LogP contribution in [-0.4, -0.2) is 24.0 Å². The summed E-state index contributed by atoms with van der Waals surface area (Å²) in [4.78, 5) is 2.63. The van der Waals surface area contributed by atoms with E-state index in [2.05, 4.69) is 42.2 Å². The first-order valence-electron chi connectivity index (χ1n) is 6.14. The molecule has 1 fully saturated rings. The molecular formula is C14H21N. The van der Waals surface area contributed by atoms with E-state index in [9.17, 15) is 0 Å². The molecule has 1 aliphatic rings. The lowest BCUT2D eigenvalue weighted by Gasteiger charge is -2.23. The molecule has 1 aromatic rings. The third kappa shape index (κ3) is 3.07. The normalized spacial score (nSPS) is 19.3. The van der Waals surface area contributed by atoms with Crippen molar-refractivity contribution < 1.29 is 0 Å². The van der Waals surface area contributed by atoms with Gasteiger partial charge in [-0.1, -0.05) is 30.3 Å². The second-order valence-electron chi connectivity index (χ2n) is 4.62. The molecule has 1 aromatic carbocycles. The van der Waals surface area contributed by atoms with Gasteiger partial charge in [0.1, 0.15) is 0 Å². The van der Waals surface area contributed by atoms with Crippen LogP contribution in [0.5, 0.6) is 0 Å². The van der Waals surface area contributed by atoms with Crippen molar-refractivity contribution in [3.05, 3.63) is 35.9 Å². The highest BCUT2D eigenvalue weighted by Crippen LogP contribution is 2.15. The number of benzene rings is 1. The van der Waals surface area contributed by atoms with Crippen LogP contribution in [0, 0.1) is 0 Å². The van der Waals surface area contributed by atoms with Gasteiger partial charge < -0.3 is 4.90 Å². The molecule has 2 rings (SSSR count). The van der Waals surface area contributed by atoms with Gasteiger partial charge in [0.15, 0.2) is 0 Å². The van der Waals surface area contributed by atoms with Crippen LogP contribution in [0.2, 0.25) is 0 Å². The Kier molecular flexibility index (Phi) is 3.79. The SMILES string of the molecule is CC(CCc1ccccc1)N1CCCC1. The second kappa shape index (κ2) is 5.32. The average molecular weight is 203 g/mol. The zero-order valence-corrected chi connectivity index (χ0v) is 9.65. The largest absolute Gasteiger partial charge is 0.301 e. The van der Waals surface area contributed by atoms with Gasteiger partial charge >= 0.3 is 0 Å². The van der Waals surface area contributed by atoms with Crippen LogP contribution in [-0.2, 0) is 6.42 Å². The standard InChI is InChI=1S/C14H21N/c1-13(15-11-5-6-12-15)9-10-14-7-3-2-4-8-14/h2-4,7-8,13H,5-6,9-12H2,1H3. The molecule has 0 saturated carbocycles. The molecule has 1 nitrogen and oxygen atoms in total. The fourth-order valence-corrected chi connectivity index (χ4v) is 2.39. The smallest absolute Gasteiger partial charge is 0.00700 e. The van der Waals surface area contributed by atoms with E-state index in [0.717, 1.165) is 6.04 Å². The van der Waals surface area contributed by atoms with Gasteiger partial charge in [0.2, 0.25) is 0 Å². The van der Waals surface area contributed by atoms with Gasteiger partial charge in [-0.2, -0.15) is 0 Å². The summed E-state index contributed by atoms with van der Waals surface area (Å²) in [7, 11) is 0. The fourth-order valence-electron chi connectivity index (χ4n) is 2.39. The van der Waals surface area contributed by atoms with Gasteiger partial charge in [0.25, 0.3) is 0 Å². The number of hydrogen-bond donors (Lipinski definition) is 0. The summed E-state index contributed by atoms with van der Waals surface area (Å²) in [6, 6.07) is 11.6. The highest BCUT2D eigenvalue weighted by molar-refractivity contribution is 5.14. The Bertz CT molecular complexity index is 275. The molecule has 0 bridgehead atoms. The van der Waals surface area contributed by atoms with E-state index in [-0.39, 0.29) is 0 Å². The third-order valence-electron chi connectivity index (χ3n) is 3.46. The third-order valence-corrected chi connectivity index (χ3v) is 3.46. The first kappa shape index (κ1) is 10.7. The Morgan fingerprint density at radius 2 is 1.80 bits per heavy atom. The van der Waals surface area contributed by atoms with Crippen LogP contribution >= 0.6 is 0 Å². The molecule has 0 N–H and O–H groups in total. The number of hydrogen-bond acceptors (Lipinski definition) is 1. The molecule has 0 amide bonds. The van der Waals surface area contributed by atoms with Crippen molar-refractivity contribution in [2.24, 2.45) is 0 Å². The molecule has 1 heterocycles. The van der Waals surface area contributed by atoms with Crippen LogP contribution in [0.4, 0.5) is 0 Å². The summed E-state index contributed by atoms with van der Waals surface area (Å²) in [5.41, 5.74) is 1.48. The number of likely N-dealkylation sites (tertiary alicyclic amines) is 1. The summed E-state index contributed by atoms with van der Waals surface area (Å²) < 4.78 is 0. The average Bonchev–Trinajstić information content (AvgIpc) is 2.81. The minimum Gasteiger partial charge on any atom is -0.301 e. The van der Waals surface area contributed by atoms with E-state index in [0.29, 0.717) is 0 Å². The maximum atomic E-state index is 2.63. The van der Waals surface area contributed by atoms with Crippen LogP contribution < -0.4 is 0 Å². The molecule has 1 atom stereocenters. The van der Waals surface area contributed by atoms with Gasteiger partial charge in [0, 0.05) is 6.04 Å². The maximum Gasteiger partial charge on any atom is 0.00700 e. The Balaban J connectivity index is 1.77. The maximum absolute atomic E-state index is 2.63. The van der Waals surface area contributed by atoms with E-state index in [1.54, 1.807) is 0 Å². The van der Waals surface area contributed by atoms with Crippen LogP contribution in [0.15, 0.2) is 30.3 Å². The predicted molar refractivity (Wildman–Crippen MR) is 65.0 cm³/mol. The van der Waals surface area contributed by atoms with Gasteiger partial charge in [-0.05, 0) is 51.3 Å². The lowest BCUT2D eigenvalue weighted by atomic mass is 10.1. The first-order chi connectivity index (χ1) is 7.36. The molecule has 0 aromatic heterocycles. The zero-order chi connectivity index (χ0) is 10.5. The minimum absolute atomic E-state index is 0.757. The Labute approximate surface area is 93.1 Å². The van der Waals surface area contributed by atoms with E-state index in [4.69, 9.17) is 0 Å². The van der Waals surface area contributed by atoms with Gasteiger partial charge in [-0.25, -0.2) is 0 Å². The summed E-state index contributed by atoms with van der Waals surface area (Å²) in [6.07, 6.45) is 5.31. The van der Waals surface area contributed by atoms with Crippen molar-refractivity contribution in [1.82, 2.24) is 4.90 Å². The Morgan fingerprint density at radius 3 is 2.47 bits per heavy atom. The van der Waals surface area contributed by atoms with Crippen molar-refractivity contribution in [2.45, 2.75) is 38.6 Å². The Morgan fingerprint density at radius 1 is 1.13 bits per heavy atom. The van der Waals surface area contributed by atoms with Crippen LogP contribution in [0.3, 0.4) is 0 Å². The summed E-state index contributed by atoms with van der Waals surface area (Å²) in [5.74, 6) is 0. The number of rotatable bonds is 4. The highest BCUT2D eigenvalue weighted by atomic mass is 15.2. The van der Waals surface area contributed by atoms with Crippen molar-refractivity contribution in [3.8, 4) is 0 Å². The molecule has 15 heavy (non-hydrogen) atoms. The Hall–Kier alpha value is -0.820. The molecule has 0 aliphatic carbocycles. The summed E-state index contributed by atoms with van der Waals surface area (Å²) in [5, 5.41) is 0. The molecule has 0 spiro atoms. The van der Waals surface area contributed by atoms with Crippen molar-refractivity contribution in [3.63, 3.8) is 0 Å². The summed E-state index contributed by atoms with van der Waals surface area (Å²) in [6.45, 7) is 5.00. The summed E-state index contributed by atoms with van der Waals surface area (Å²) >= 11 is 0. The molecule has 1 saturated heterocycles. The quantitative estimate of drug-likeness (QED) is 0.727. The molecule has 1 heteroatoms. The lowest BCUT2D eigenvalue weighted by Crippen LogP contribution is -2.30. The molecule has 1 unspecified atom stereocenters. The molecule has 1 aliphatic heterocycles. The molecule has 82 valence electrons. The van der Waals surface area contributed by atoms with E-state index in [1.807, 2.05) is 0 Å². The zero-order valence-electron chi connectivity index (χ0n) is 9.65. The fraction of sp³-hybridized carbons (Fsp3) is 0.571. The molecular weight excluding hydrogens is 182 g/mol. The van der Waals surface area contributed by atoms with Gasteiger partial charge in [-0.3, -0.25) is 0 Å². The van der Waals surface area contributed by atoms with Crippen molar-refractivity contribution in [2.75, 3.05) is 13.1 Å². The highest BCUT2D eigenvalue weighted by Gasteiger charge is 2.17. The van der Waals surface area contributed by atoms with Crippen molar-refractivity contribution in [1.29, 1.82) is 0 Å². The lowest BCUT2D eigenvalue weighted by molar-refractivity contribution is 0.247. The molecule has 0 radical (unpaired) electrons. The number of nitrogens with zero attached hydrogens (tertiary/aromatic N) is 1. The van der Waals surface area contributed by atoms with Crippen molar-refractivity contribution >= 4 is 0 Å². The van der Waals surface area contributed by atoms with E-state index >= 15 is 0 Å². The predicted octanol–water partition coefficient (Wildman–Crippen LogP) is 3.10. The minimum atomic E-state index is 0.757. The van der Waals surface area contributed by atoms with E-state index < -0.39 is 0 Å².